The van der Waals surface area contributed by atoms with Gasteiger partial charge in [-0.15, -0.1) is 0 Å². The number of rotatable bonds is 4. The van der Waals surface area contributed by atoms with Gasteiger partial charge in [-0.05, 0) is 55.9 Å². The second-order valence-corrected chi connectivity index (χ2v) is 8.94. The molecule has 4 saturated carbocycles. The van der Waals surface area contributed by atoms with Crippen LogP contribution in [0.25, 0.3) is 22.4 Å². The molecule has 3 aromatic heterocycles. The molecule has 7 rings (SSSR count). The van der Waals surface area contributed by atoms with Gasteiger partial charge in [0, 0.05) is 23.8 Å². The quantitative estimate of drug-likeness (QED) is 0.530. The SMILES string of the molecule is NC(=O)c1nc(-c2cnc3[nH]ccc3c2N[C@H]2[C@@H]3CC4C[C@H]2C[C@@](O)(C4)C3)no1. The minimum atomic E-state index is -0.761. The lowest BCUT2D eigenvalue weighted by Gasteiger charge is -2.58. The van der Waals surface area contributed by atoms with Gasteiger partial charge in [0.1, 0.15) is 5.65 Å². The van der Waals surface area contributed by atoms with E-state index in [1.165, 1.54) is 0 Å². The number of hydrogen-bond acceptors (Lipinski definition) is 7. The maximum absolute atomic E-state index is 11.4. The first-order chi connectivity index (χ1) is 14.0. The Bertz CT molecular complexity index is 1100. The Balaban J connectivity index is 1.42. The van der Waals surface area contributed by atoms with Crippen molar-refractivity contribution < 1.29 is 14.4 Å². The van der Waals surface area contributed by atoms with Gasteiger partial charge in [-0.3, -0.25) is 4.79 Å². The topological polar surface area (TPSA) is 143 Å². The number of aliphatic hydroxyl groups is 1. The molecule has 4 aliphatic carbocycles. The molecule has 4 fully saturated rings. The number of aromatic amines is 1. The van der Waals surface area contributed by atoms with E-state index in [2.05, 4.69) is 25.4 Å². The molecule has 5 atom stereocenters. The van der Waals surface area contributed by atoms with Crippen molar-refractivity contribution in [2.24, 2.45) is 23.5 Å². The largest absolute Gasteiger partial charge is 0.390 e. The Morgan fingerprint density at radius 1 is 1.31 bits per heavy atom. The van der Waals surface area contributed by atoms with Crippen LogP contribution in [0.1, 0.15) is 42.8 Å². The van der Waals surface area contributed by atoms with Gasteiger partial charge in [0.25, 0.3) is 0 Å². The fourth-order valence-electron chi connectivity index (χ4n) is 6.15. The van der Waals surface area contributed by atoms with Gasteiger partial charge in [-0.2, -0.15) is 4.98 Å². The predicted molar refractivity (Wildman–Crippen MR) is 104 cm³/mol. The number of primary amides is 1. The zero-order chi connectivity index (χ0) is 19.8. The van der Waals surface area contributed by atoms with Crippen LogP contribution < -0.4 is 11.1 Å². The normalized spacial score (nSPS) is 32.7. The summed E-state index contributed by atoms with van der Waals surface area (Å²) in [5.74, 6) is 0.801. The number of nitrogens with zero attached hydrogens (tertiary/aromatic N) is 3. The first-order valence-corrected chi connectivity index (χ1v) is 10.1. The van der Waals surface area contributed by atoms with Crippen molar-refractivity contribution in [2.45, 2.75) is 43.7 Å². The summed E-state index contributed by atoms with van der Waals surface area (Å²) in [5, 5.41) is 19.5. The van der Waals surface area contributed by atoms with Crippen LogP contribution in [0.4, 0.5) is 5.69 Å². The van der Waals surface area contributed by atoms with E-state index in [1.54, 1.807) is 6.20 Å². The van der Waals surface area contributed by atoms with Crippen molar-refractivity contribution in [3.63, 3.8) is 0 Å². The summed E-state index contributed by atoms with van der Waals surface area (Å²) >= 11 is 0. The molecule has 1 amide bonds. The molecule has 3 heterocycles. The Hall–Kier alpha value is -2.94. The van der Waals surface area contributed by atoms with Crippen molar-refractivity contribution >= 4 is 22.6 Å². The van der Waals surface area contributed by atoms with Crippen LogP contribution in [0.15, 0.2) is 23.0 Å². The Labute approximate surface area is 166 Å². The molecule has 0 aromatic carbocycles. The fourth-order valence-corrected chi connectivity index (χ4v) is 6.15. The lowest BCUT2D eigenvalue weighted by atomic mass is 9.52. The van der Waals surface area contributed by atoms with Gasteiger partial charge in [0.05, 0.1) is 16.9 Å². The molecule has 0 spiro atoms. The molecule has 0 saturated heterocycles. The molecular weight excluding hydrogens is 372 g/mol. The van der Waals surface area contributed by atoms with Gasteiger partial charge in [0.2, 0.25) is 5.82 Å². The number of hydrogen-bond donors (Lipinski definition) is 4. The second kappa shape index (κ2) is 5.79. The van der Waals surface area contributed by atoms with Gasteiger partial charge in [-0.25, -0.2) is 4.98 Å². The summed E-state index contributed by atoms with van der Waals surface area (Å²) in [4.78, 5) is 23.1. The van der Waals surface area contributed by atoms with Crippen molar-refractivity contribution in [1.29, 1.82) is 0 Å². The fraction of sp³-hybridized carbons (Fsp3) is 0.500. The third-order valence-corrected chi connectivity index (χ3v) is 7.02. The second-order valence-electron chi connectivity index (χ2n) is 8.94. The van der Waals surface area contributed by atoms with Crippen LogP contribution in [0.2, 0.25) is 0 Å². The molecule has 3 aromatic rings. The number of aromatic nitrogens is 4. The highest BCUT2D eigenvalue weighted by Crippen LogP contribution is 2.56. The average molecular weight is 394 g/mol. The zero-order valence-corrected chi connectivity index (χ0v) is 15.8. The number of carbonyl (C=O) groups is 1. The molecular formula is C20H22N6O3. The molecule has 0 radical (unpaired) electrons. The van der Waals surface area contributed by atoms with E-state index in [1.807, 2.05) is 12.3 Å². The van der Waals surface area contributed by atoms with Crippen LogP contribution in [0.5, 0.6) is 0 Å². The maximum atomic E-state index is 11.4. The van der Waals surface area contributed by atoms with Crippen LogP contribution in [0, 0.1) is 17.8 Å². The summed E-state index contributed by atoms with van der Waals surface area (Å²) in [5.41, 5.74) is 7.08. The molecule has 0 aliphatic heterocycles. The molecule has 1 unspecified atom stereocenters. The predicted octanol–water partition coefficient (Wildman–Crippen LogP) is 2.06. The van der Waals surface area contributed by atoms with Crippen LogP contribution >= 0.6 is 0 Å². The number of pyridine rings is 1. The minimum Gasteiger partial charge on any atom is -0.390 e. The number of nitrogens with one attached hydrogen (secondary N) is 2. The molecule has 5 N–H and O–H groups in total. The summed E-state index contributed by atoms with van der Waals surface area (Å²) in [6.45, 7) is 0. The number of H-pyrrole nitrogens is 1. The lowest BCUT2D eigenvalue weighted by Crippen LogP contribution is -2.59. The number of nitrogens with two attached hydrogens (primary N) is 1. The third-order valence-electron chi connectivity index (χ3n) is 7.02. The van der Waals surface area contributed by atoms with E-state index < -0.39 is 11.5 Å². The first kappa shape index (κ1) is 17.0. The van der Waals surface area contributed by atoms with E-state index in [0.29, 0.717) is 23.3 Å². The molecule has 9 heteroatoms. The third kappa shape index (κ3) is 2.57. The van der Waals surface area contributed by atoms with Crippen LogP contribution in [-0.2, 0) is 0 Å². The number of carbonyl (C=O) groups excluding carboxylic acids is 1. The summed E-state index contributed by atoms with van der Waals surface area (Å²) < 4.78 is 4.99. The lowest BCUT2D eigenvalue weighted by molar-refractivity contribution is -0.129. The number of amides is 1. The van der Waals surface area contributed by atoms with Gasteiger partial charge >= 0.3 is 11.8 Å². The highest BCUT2D eigenvalue weighted by atomic mass is 16.5. The summed E-state index contributed by atoms with van der Waals surface area (Å²) in [6, 6.07) is 2.24. The Morgan fingerprint density at radius 3 is 2.79 bits per heavy atom. The van der Waals surface area contributed by atoms with Crippen LogP contribution in [0.3, 0.4) is 0 Å². The smallest absolute Gasteiger partial charge is 0.316 e. The van der Waals surface area contributed by atoms with E-state index in [4.69, 9.17) is 10.3 Å². The molecule has 4 aliphatic rings. The van der Waals surface area contributed by atoms with Crippen molar-refractivity contribution in [1.82, 2.24) is 20.1 Å². The average Bonchev–Trinajstić information content (AvgIpc) is 3.32. The van der Waals surface area contributed by atoms with E-state index >= 15 is 0 Å². The number of fused-ring (bicyclic) bond motifs is 1. The maximum Gasteiger partial charge on any atom is 0.316 e. The standard InChI is InChI=1S/C20H22N6O3/c21-16(27)19-25-18(26-29-19)13-8-23-17-12(1-2-22-17)15(13)24-14-10-3-9-4-11(14)7-20(28,5-9)6-10/h1-2,8-11,14,28H,3-7H2,(H2,21,27)(H2,22,23,24)/t9?,10-,11+,14+,20-. The molecule has 150 valence electrons. The van der Waals surface area contributed by atoms with Crippen molar-refractivity contribution in [3.05, 3.63) is 24.4 Å². The van der Waals surface area contributed by atoms with E-state index in [0.717, 1.165) is 48.8 Å². The van der Waals surface area contributed by atoms with Gasteiger partial charge < -0.3 is 25.7 Å². The zero-order valence-electron chi connectivity index (χ0n) is 15.8. The van der Waals surface area contributed by atoms with Crippen molar-refractivity contribution in [2.75, 3.05) is 5.32 Å². The van der Waals surface area contributed by atoms with E-state index in [-0.39, 0.29) is 17.8 Å². The summed E-state index contributed by atoms with van der Waals surface area (Å²) in [7, 11) is 0. The highest BCUT2D eigenvalue weighted by Gasteiger charge is 2.54. The van der Waals surface area contributed by atoms with E-state index in [9.17, 15) is 9.90 Å². The summed E-state index contributed by atoms with van der Waals surface area (Å²) in [6.07, 6.45) is 8.49. The Kier molecular flexibility index (Phi) is 3.39. The van der Waals surface area contributed by atoms with Crippen LogP contribution in [-0.4, -0.2) is 42.8 Å². The molecule has 9 nitrogen and oxygen atoms in total. The Morgan fingerprint density at radius 2 is 2.10 bits per heavy atom. The van der Waals surface area contributed by atoms with Crippen molar-refractivity contribution in [3.8, 4) is 11.4 Å². The minimum absolute atomic E-state index is 0.225. The molecule has 4 bridgehead atoms. The highest BCUT2D eigenvalue weighted by molar-refractivity contribution is 5.97. The van der Waals surface area contributed by atoms with Gasteiger partial charge in [-0.1, -0.05) is 5.16 Å². The number of anilines is 1. The monoisotopic (exact) mass is 394 g/mol. The first-order valence-electron chi connectivity index (χ1n) is 10.1. The van der Waals surface area contributed by atoms with Gasteiger partial charge in [0.15, 0.2) is 0 Å². The molecule has 29 heavy (non-hydrogen) atoms.